The van der Waals surface area contributed by atoms with Gasteiger partial charge in [-0.3, -0.25) is 9.48 Å². The van der Waals surface area contributed by atoms with E-state index in [9.17, 15) is 9.59 Å². The van der Waals surface area contributed by atoms with Crippen molar-refractivity contribution in [1.82, 2.24) is 9.78 Å². The summed E-state index contributed by atoms with van der Waals surface area (Å²) in [6.45, 7) is 7.80. The number of carbonyl (C=O) groups is 2. The van der Waals surface area contributed by atoms with Crippen molar-refractivity contribution in [1.29, 1.82) is 0 Å². The molecule has 0 saturated heterocycles. The second kappa shape index (κ2) is 6.04. The van der Waals surface area contributed by atoms with E-state index in [0.29, 0.717) is 11.3 Å². The highest BCUT2D eigenvalue weighted by Crippen LogP contribution is 2.22. The Bertz CT molecular complexity index is 775. The van der Waals surface area contributed by atoms with Gasteiger partial charge in [0.1, 0.15) is 0 Å². The number of hydrogen-bond acceptors (Lipinski definition) is 3. The first kappa shape index (κ1) is 17.0. The summed E-state index contributed by atoms with van der Waals surface area (Å²) in [6, 6.07) is 4.31. The van der Waals surface area contributed by atoms with Crippen LogP contribution in [0.3, 0.4) is 0 Å². The summed E-state index contributed by atoms with van der Waals surface area (Å²) in [7, 11) is 0. The molecule has 0 aliphatic carbocycles. The molecule has 6 nitrogen and oxygen atoms in total. The molecule has 0 bridgehead atoms. The fraction of sp³-hybridized carbons (Fsp3) is 0.312. The smallest absolute Gasteiger partial charge is 0.337 e. The molecule has 0 fully saturated rings. The van der Waals surface area contributed by atoms with Gasteiger partial charge in [-0.1, -0.05) is 11.6 Å². The summed E-state index contributed by atoms with van der Waals surface area (Å²) in [5, 5.41) is 16.1. The van der Waals surface area contributed by atoms with Gasteiger partial charge in [-0.25, -0.2) is 4.79 Å². The molecule has 122 valence electrons. The molecule has 0 saturated carbocycles. The lowest BCUT2D eigenvalue weighted by molar-refractivity contribution is 0.0696. The average molecular weight is 336 g/mol. The fourth-order valence-corrected chi connectivity index (χ4v) is 2.47. The van der Waals surface area contributed by atoms with Crippen molar-refractivity contribution in [3.8, 4) is 0 Å². The van der Waals surface area contributed by atoms with Crippen molar-refractivity contribution < 1.29 is 14.7 Å². The third-order valence-corrected chi connectivity index (χ3v) is 3.67. The van der Waals surface area contributed by atoms with E-state index in [2.05, 4.69) is 10.4 Å². The lowest BCUT2D eigenvalue weighted by Crippen LogP contribution is -2.25. The molecule has 2 aromatic rings. The number of halogens is 1. The van der Waals surface area contributed by atoms with Crippen molar-refractivity contribution in [3.63, 3.8) is 0 Å². The number of amides is 1. The largest absolute Gasteiger partial charge is 0.478 e. The number of nitrogens with one attached hydrogen (secondary N) is 1. The average Bonchev–Trinajstić information content (AvgIpc) is 2.82. The van der Waals surface area contributed by atoms with Crippen molar-refractivity contribution in [3.05, 3.63) is 46.2 Å². The van der Waals surface area contributed by atoms with E-state index in [4.69, 9.17) is 16.7 Å². The topological polar surface area (TPSA) is 84.2 Å². The van der Waals surface area contributed by atoms with Gasteiger partial charge < -0.3 is 10.4 Å². The van der Waals surface area contributed by atoms with E-state index in [-0.39, 0.29) is 22.0 Å². The standard InChI is InChI=1S/C16H18ClN3O3/c1-9-12(8-18-20(9)16(2,3)4)14(21)19-10-5-6-13(17)11(7-10)15(22)23/h5-8H,1-4H3,(H,19,21)(H,22,23). The second-order valence-corrected chi connectivity index (χ2v) is 6.59. The van der Waals surface area contributed by atoms with Crippen LogP contribution in [0.2, 0.25) is 5.02 Å². The molecule has 1 amide bonds. The molecule has 2 rings (SSSR count). The highest BCUT2D eigenvalue weighted by Gasteiger charge is 2.21. The molecule has 23 heavy (non-hydrogen) atoms. The Morgan fingerprint density at radius 1 is 1.26 bits per heavy atom. The number of anilines is 1. The van der Waals surface area contributed by atoms with Crippen LogP contribution < -0.4 is 5.32 Å². The van der Waals surface area contributed by atoms with Crippen molar-refractivity contribution in [2.24, 2.45) is 0 Å². The van der Waals surface area contributed by atoms with Gasteiger partial charge in [0.15, 0.2) is 0 Å². The van der Waals surface area contributed by atoms with E-state index in [1.165, 1.54) is 18.3 Å². The van der Waals surface area contributed by atoms with Crippen LogP contribution in [0.4, 0.5) is 5.69 Å². The van der Waals surface area contributed by atoms with Gasteiger partial charge in [0, 0.05) is 11.4 Å². The monoisotopic (exact) mass is 335 g/mol. The van der Waals surface area contributed by atoms with Crippen LogP contribution in [0.15, 0.2) is 24.4 Å². The Labute approximate surface area is 139 Å². The lowest BCUT2D eigenvalue weighted by atomic mass is 10.1. The summed E-state index contributed by atoms with van der Waals surface area (Å²) in [4.78, 5) is 23.5. The van der Waals surface area contributed by atoms with Gasteiger partial charge in [-0.2, -0.15) is 5.10 Å². The van der Waals surface area contributed by atoms with Crippen molar-refractivity contribution in [2.45, 2.75) is 33.2 Å². The molecule has 0 atom stereocenters. The molecule has 0 aliphatic rings. The minimum Gasteiger partial charge on any atom is -0.478 e. The minimum absolute atomic E-state index is 0.0634. The number of rotatable bonds is 3. The summed E-state index contributed by atoms with van der Waals surface area (Å²) in [5.41, 5.74) is 1.24. The Balaban J connectivity index is 2.28. The molecule has 0 unspecified atom stereocenters. The van der Waals surface area contributed by atoms with Crippen LogP contribution in [0.1, 0.15) is 47.2 Å². The van der Waals surface area contributed by atoms with Crippen LogP contribution in [0, 0.1) is 6.92 Å². The summed E-state index contributed by atoms with van der Waals surface area (Å²) in [5.74, 6) is -1.50. The normalized spacial score (nSPS) is 11.3. The third-order valence-electron chi connectivity index (χ3n) is 3.34. The van der Waals surface area contributed by atoms with E-state index in [1.54, 1.807) is 10.7 Å². The van der Waals surface area contributed by atoms with Crippen molar-refractivity contribution >= 4 is 29.2 Å². The fourth-order valence-electron chi connectivity index (χ4n) is 2.27. The van der Waals surface area contributed by atoms with E-state index in [1.807, 2.05) is 27.7 Å². The number of carboxylic acid groups (broad SMARTS) is 1. The second-order valence-electron chi connectivity index (χ2n) is 6.18. The summed E-state index contributed by atoms with van der Waals surface area (Å²) in [6.07, 6.45) is 1.50. The quantitative estimate of drug-likeness (QED) is 0.898. The highest BCUT2D eigenvalue weighted by molar-refractivity contribution is 6.33. The van der Waals surface area contributed by atoms with Gasteiger partial charge in [-0.15, -0.1) is 0 Å². The molecule has 7 heteroatoms. The molecular weight excluding hydrogens is 318 g/mol. The van der Waals surface area contributed by atoms with Gasteiger partial charge in [0.05, 0.1) is 27.9 Å². The molecule has 0 spiro atoms. The van der Waals surface area contributed by atoms with Crippen LogP contribution in [0.25, 0.3) is 0 Å². The first-order valence-corrected chi connectivity index (χ1v) is 7.38. The Hall–Kier alpha value is -2.34. The van der Waals surface area contributed by atoms with Gasteiger partial charge >= 0.3 is 5.97 Å². The zero-order valence-electron chi connectivity index (χ0n) is 13.3. The molecular formula is C16H18ClN3O3. The van der Waals surface area contributed by atoms with Crippen LogP contribution in [-0.2, 0) is 5.54 Å². The van der Waals surface area contributed by atoms with Crippen LogP contribution in [-0.4, -0.2) is 26.8 Å². The number of carbonyl (C=O) groups excluding carboxylic acids is 1. The highest BCUT2D eigenvalue weighted by atomic mass is 35.5. The number of carboxylic acids is 1. The van der Waals surface area contributed by atoms with Crippen LogP contribution >= 0.6 is 11.6 Å². The number of aromatic nitrogens is 2. The van der Waals surface area contributed by atoms with Crippen LogP contribution in [0.5, 0.6) is 0 Å². The Kier molecular flexibility index (Phi) is 4.47. The predicted molar refractivity (Wildman–Crippen MR) is 88.3 cm³/mol. The molecule has 0 radical (unpaired) electrons. The lowest BCUT2D eigenvalue weighted by Gasteiger charge is -2.21. The van der Waals surface area contributed by atoms with E-state index >= 15 is 0 Å². The molecule has 1 aromatic heterocycles. The maximum Gasteiger partial charge on any atom is 0.337 e. The van der Waals surface area contributed by atoms with Gasteiger partial charge in [0.25, 0.3) is 5.91 Å². The number of aromatic carboxylic acids is 1. The zero-order valence-corrected chi connectivity index (χ0v) is 14.1. The number of hydrogen-bond donors (Lipinski definition) is 2. The third kappa shape index (κ3) is 3.53. The Morgan fingerprint density at radius 2 is 1.91 bits per heavy atom. The van der Waals surface area contributed by atoms with Gasteiger partial charge in [0.2, 0.25) is 0 Å². The first-order chi connectivity index (χ1) is 10.6. The minimum atomic E-state index is -1.15. The molecule has 0 aliphatic heterocycles. The summed E-state index contributed by atoms with van der Waals surface area (Å²) >= 11 is 5.82. The predicted octanol–water partition coefficient (Wildman–Crippen LogP) is 3.55. The molecule has 1 aromatic carbocycles. The maximum absolute atomic E-state index is 12.4. The molecule has 2 N–H and O–H groups in total. The van der Waals surface area contributed by atoms with E-state index in [0.717, 1.165) is 5.69 Å². The molecule has 1 heterocycles. The number of benzene rings is 1. The zero-order chi connectivity index (χ0) is 17.4. The SMILES string of the molecule is Cc1c(C(=O)Nc2ccc(Cl)c(C(=O)O)c2)cnn1C(C)(C)C. The van der Waals surface area contributed by atoms with Gasteiger partial charge in [-0.05, 0) is 45.9 Å². The maximum atomic E-state index is 12.4. The summed E-state index contributed by atoms with van der Waals surface area (Å²) < 4.78 is 1.77. The first-order valence-electron chi connectivity index (χ1n) is 7.00. The van der Waals surface area contributed by atoms with E-state index < -0.39 is 5.97 Å². The Morgan fingerprint density at radius 3 is 2.43 bits per heavy atom. The van der Waals surface area contributed by atoms with Crippen molar-refractivity contribution in [2.75, 3.05) is 5.32 Å². The number of nitrogens with zero attached hydrogens (tertiary/aromatic N) is 2.